The van der Waals surface area contributed by atoms with Crippen LogP contribution in [0.2, 0.25) is 0 Å². The van der Waals surface area contributed by atoms with Crippen molar-refractivity contribution >= 4 is 17.7 Å². The number of carbonyl (C=O) groups excluding carboxylic acids is 1. The molecule has 0 fully saturated rings. The van der Waals surface area contributed by atoms with Crippen LogP contribution in [0.4, 0.5) is 0 Å². The van der Waals surface area contributed by atoms with Crippen LogP contribution in [0, 0.1) is 0 Å². The van der Waals surface area contributed by atoms with Crippen LogP contribution in [-0.4, -0.2) is 25.9 Å². The molecule has 3 aromatic rings. The fourth-order valence-corrected chi connectivity index (χ4v) is 3.73. The largest absolute Gasteiger partial charge is 0.351 e. The Morgan fingerprint density at radius 2 is 1.67 bits per heavy atom. The van der Waals surface area contributed by atoms with Gasteiger partial charge in [-0.25, -0.2) is 0 Å². The molecule has 1 heterocycles. The molecule has 0 aliphatic rings. The predicted octanol–water partition coefficient (Wildman–Crippen LogP) is 3.69. The van der Waals surface area contributed by atoms with Crippen molar-refractivity contribution in [2.45, 2.75) is 43.8 Å². The molecule has 1 aromatic heterocycles. The molecular weight excluding hydrogens is 356 g/mol. The number of aromatic nitrogens is 3. The molecule has 27 heavy (non-hydrogen) atoms. The van der Waals surface area contributed by atoms with E-state index in [0.29, 0.717) is 6.54 Å². The molecule has 6 heteroatoms. The summed E-state index contributed by atoms with van der Waals surface area (Å²) in [6, 6.07) is 20.1. The normalized spacial score (nSPS) is 11.9. The number of nitrogens with one attached hydrogen (secondary N) is 1. The summed E-state index contributed by atoms with van der Waals surface area (Å²) in [4.78, 5) is 12.4. The first-order valence-corrected chi connectivity index (χ1v) is 9.99. The van der Waals surface area contributed by atoms with Crippen LogP contribution in [-0.2, 0) is 24.3 Å². The Labute approximate surface area is 164 Å². The standard InChI is InChI=1S/C21H24N4OS/c1-3-25-19(14-17-10-6-4-7-11-17)23-24-21(25)27-16(2)20(26)22-15-18-12-8-5-9-13-18/h4-13,16H,3,14-15H2,1-2H3,(H,22,26). The van der Waals surface area contributed by atoms with Gasteiger partial charge < -0.3 is 9.88 Å². The average molecular weight is 381 g/mol. The molecule has 140 valence electrons. The van der Waals surface area contributed by atoms with E-state index in [0.717, 1.165) is 29.5 Å². The zero-order valence-corrected chi connectivity index (χ0v) is 16.4. The lowest BCUT2D eigenvalue weighted by Gasteiger charge is -2.13. The molecule has 0 radical (unpaired) electrons. The Bertz CT molecular complexity index is 864. The van der Waals surface area contributed by atoms with Gasteiger partial charge in [-0.2, -0.15) is 0 Å². The van der Waals surface area contributed by atoms with Crippen molar-refractivity contribution in [1.82, 2.24) is 20.1 Å². The van der Waals surface area contributed by atoms with Gasteiger partial charge >= 0.3 is 0 Å². The third kappa shape index (κ3) is 5.20. The summed E-state index contributed by atoms with van der Waals surface area (Å²) in [5.41, 5.74) is 2.29. The van der Waals surface area contributed by atoms with Gasteiger partial charge in [-0.15, -0.1) is 10.2 Å². The summed E-state index contributed by atoms with van der Waals surface area (Å²) in [6.07, 6.45) is 0.733. The highest BCUT2D eigenvalue weighted by molar-refractivity contribution is 8.00. The first-order valence-electron chi connectivity index (χ1n) is 9.11. The van der Waals surface area contributed by atoms with E-state index in [2.05, 4.69) is 39.1 Å². The zero-order chi connectivity index (χ0) is 19.1. The molecule has 1 unspecified atom stereocenters. The summed E-state index contributed by atoms with van der Waals surface area (Å²) < 4.78 is 2.08. The molecule has 0 aliphatic heterocycles. The summed E-state index contributed by atoms with van der Waals surface area (Å²) in [7, 11) is 0. The van der Waals surface area contributed by atoms with Gasteiger partial charge in [0.15, 0.2) is 5.16 Å². The number of hydrogen-bond donors (Lipinski definition) is 1. The number of nitrogens with zero attached hydrogens (tertiary/aromatic N) is 3. The Balaban J connectivity index is 1.61. The van der Waals surface area contributed by atoms with Crippen LogP contribution in [0.1, 0.15) is 30.8 Å². The SMILES string of the molecule is CCn1c(Cc2ccccc2)nnc1SC(C)C(=O)NCc1ccccc1. The number of thioether (sulfide) groups is 1. The molecule has 0 spiro atoms. The number of hydrogen-bond acceptors (Lipinski definition) is 4. The molecule has 0 saturated heterocycles. The molecule has 3 rings (SSSR count). The van der Waals surface area contributed by atoms with Crippen LogP contribution in [0.3, 0.4) is 0 Å². The monoisotopic (exact) mass is 380 g/mol. The van der Waals surface area contributed by atoms with E-state index in [1.165, 1.54) is 17.3 Å². The fourth-order valence-electron chi connectivity index (χ4n) is 2.77. The van der Waals surface area contributed by atoms with Crippen LogP contribution in [0.5, 0.6) is 0 Å². The predicted molar refractivity (Wildman–Crippen MR) is 109 cm³/mol. The van der Waals surface area contributed by atoms with Crippen LogP contribution < -0.4 is 5.32 Å². The lowest BCUT2D eigenvalue weighted by atomic mass is 10.1. The third-order valence-corrected chi connectivity index (χ3v) is 5.36. The molecule has 0 bridgehead atoms. The van der Waals surface area contributed by atoms with Gasteiger partial charge in [0.2, 0.25) is 5.91 Å². The van der Waals surface area contributed by atoms with Crippen molar-refractivity contribution in [1.29, 1.82) is 0 Å². The molecule has 0 saturated carbocycles. The second-order valence-electron chi connectivity index (χ2n) is 6.27. The van der Waals surface area contributed by atoms with Crippen molar-refractivity contribution < 1.29 is 4.79 Å². The minimum absolute atomic E-state index is 0.000819. The highest BCUT2D eigenvalue weighted by Gasteiger charge is 2.19. The molecule has 1 atom stereocenters. The summed E-state index contributed by atoms with van der Waals surface area (Å²) in [5.74, 6) is 0.919. The highest BCUT2D eigenvalue weighted by atomic mass is 32.2. The van der Waals surface area contributed by atoms with Crippen LogP contribution >= 0.6 is 11.8 Å². The van der Waals surface area contributed by atoms with Gasteiger partial charge in [0.1, 0.15) is 5.82 Å². The highest BCUT2D eigenvalue weighted by Crippen LogP contribution is 2.23. The second kappa shape index (κ2) is 9.37. The van der Waals surface area contributed by atoms with Crippen molar-refractivity contribution in [3.63, 3.8) is 0 Å². The van der Waals surface area contributed by atoms with Crippen molar-refractivity contribution in [3.8, 4) is 0 Å². The quantitative estimate of drug-likeness (QED) is 0.606. The fraction of sp³-hybridized carbons (Fsp3) is 0.286. The van der Waals surface area contributed by atoms with Gasteiger partial charge in [-0.1, -0.05) is 72.4 Å². The van der Waals surface area contributed by atoms with E-state index in [4.69, 9.17) is 0 Å². The average Bonchev–Trinajstić information content (AvgIpc) is 3.08. The van der Waals surface area contributed by atoms with E-state index >= 15 is 0 Å². The maximum absolute atomic E-state index is 12.4. The molecule has 1 amide bonds. The van der Waals surface area contributed by atoms with E-state index in [1.54, 1.807) is 0 Å². The molecule has 5 nitrogen and oxygen atoms in total. The van der Waals surface area contributed by atoms with Gasteiger partial charge in [-0.05, 0) is 25.0 Å². The number of benzene rings is 2. The Kier molecular flexibility index (Phi) is 6.65. The van der Waals surface area contributed by atoms with Crippen LogP contribution in [0.15, 0.2) is 65.8 Å². The molecule has 2 aromatic carbocycles. The minimum Gasteiger partial charge on any atom is -0.351 e. The van der Waals surface area contributed by atoms with Crippen LogP contribution in [0.25, 0.3) is 0 Å². The molecular formula is C21H24N4OS. The number of amides is 1. The van der Waals surface area contributed by atoms with Crippen molar-refractivity contribution in [2.75, 3.05) is 0 Å². The number of carbonyl (C=O) groups is 1. The summed E-state index contributed by atoms with van der Waals surface area (Å²) in [6.45, 7) is 5.28. The maximum atomic E-state index is 12.4. The Morgan fingerprint density at radius 3 is 2.30 bits per heavy atom. The number of rotatable bonds is 8. The second-order valence-corrected chi connectivity index (χ2v) is 7.58. The zero-order valence-electron chi connectivity index (χ0n) is 15.6. The van der Waals surface area contributed by atoms with Gasteiger partial charge in [0.05, 0.1) is 5.25 Å². The Hall–Kier alpha value is -2.60. The summed E-state index contributed by atoms with van der Waals surface area (Å²) >= 11 is 1.45. The topological polar surface area (TPSA) is 59.8 Å². The van der Waals surface area contributed by atoms with Gasteiger partial charge in [-0.3, -0.25) is 4.79 Å². The molecule has 0 aliphatic carbocycles. The van der Waals surface area contributed by atoms with Crippen molar-refractivity contribution in [2.24, 2.45) is 0 Å². The third-order valence-electron chi connectivity index (χ3n) is 4.28. The lowest BCUT2D eigenvalue weighted by Crippen LogP contribution is -2.30. The van der Waals surface area contributed by atoms with Crippen molar-refractivity contribution in [3.05, 3.63) is 77.6 Å². The summed E-state index contributed by atoms with van der Waals surface area (Å²) in [5, 5.41) is 12.2. The van der Waals surface area contributed by atoms with Gasteiger partial charge in [0.25, 0.3) is 0 Å². The lowest BCUT2D eigenvalue weighted by molar-refractivity contribution is -0.120. The van der Waals surface area contributed by atoms with E-state index in [9.17, 15) is 4.79 Å². The van der Waals surface area contributed by atoms with E-state index in [-0.39, 0.29) is 11.2 Å². The Morgan fingerprint density at radius 1 is 1.04 bits per heavy atom. The van der Waals surface area contributed by atoms with E-state index in [1.807, 2.05) is 55.5 Å². The first-order chi connectivity index (χ1) is 13.2. The van der Waals surface area contributed by atoms with E-state index < -0.39 is 0 Å². The first kappa shape index (κ1) is 19.2. The minimum atomic E-state index is -0.243. The maximum Gasteiger partial charge on any atom is 0.233 e. The van der Waals surface area contributed by atoms with Gasteiger partial charge in [0, 0.05) is 19.5 Å². The smallest absolute Gasteiger partial charge is 0.233 e. The molecule has 1 N–H and O–H groups in total.